The number of benzene rings is 2. The summed E-state index contributed by atoms with van der Waals surface area (Å²) in [5, 5.41) is 0. The molecule has 0 saturated heterocycles. The van der Waals surface area contributed by atoms with Crippen LogP contribution in [0, 0.1) is 0 Å². The van der Waals surface area contributed by atoms with Gasteiger partial charge in [0, 0.05) is 0 Å². The van der Waals surface area contributed by atoms with E-state index in [-0.39, 0.29) is 6.04 Å². The minimum Gasteiger partial charge on any atom is -0.272 e. The molecule has 1 aliphatic rings. The van der Waals surface area contributed by atoms with Crippen LogP contribution in [-0.4, -0.2) is 5.71 Å². The van der Waals surface area contributed by atoms with E-state index in [1.165, 1.54) is 11.1 Å². The van der Waals surface area contributed by atoms with Crippen LogP contribution in [-0.2, 0) is 0 Å². The van der Waals surface area contributed by atoms with E-state index in [2.05, 4.69) is 48.6 Å². The van der Waals surface area contributed by atoms with Gasteiger partial charge in [0.25, 0.3) is 0 Å². The van der Waals surface area contributed by atoms with Gasteiger partial charge in [-0.25, -0.2) is 0 Å². The lowest BCUT2D eigenvalue weighted by Crippen LogP contribution is -1.94. The molecule has 0 fully saturated rings. The van der Waals surface area contributed by atoms with Crippen molar-refractivity contribution in [3.63, 3.8) is 0 Å². The molecular weight excluding hydrogens is 206 g/mol. The maximum Gasteiger partial charge on any atom is 0.0941 e. The molecule has 1 aliphatic heterocycles. The van der Waals surface area contributed by atoms with Gasteiger partial charge in [-0.1, -0.05) is 66.7 Å². The van der Waals surface area contributed by atoms with Crippen LogP contribution in [0.1, 0.15) is 17.2 Å². The first-order valence-electron chi connectivity index (χ1n) is 5.80. The second-order valence-corrected chi connectivity index (χ2v) is 4.10. The Morgan fingerprint density at radius 2 is 1.41 bits per heavy atom. The molecule has 0 amide bonds. The van der Waals surface area contributed by atoms with Gasteiger partial charge >= 0.3 is 0 Å². The zero-order valence-electron chi connectivity index (χ0n) is 9.45. The van der Waals surface area contributed by atoms with Crippen LogP contribution in [0.4, 0.5) is 0 Å². The number of aliphatic imine (C=N–C) groups is 1. The van der Waals surface area contributed by atoms with Gasteiger partial charge < -0.3 is 0 Å². The molecule has 2 aromatic rings. The highest BCUT2D eigenvalue weighted by Crippen LogP contribution is 2.24. The van der Waals surface area contributed by atoms with Gasteiger partial charge in [-0.2, -0.15) is 0 Å². The number of nitrogens with zero attached hydrogens (tertiary/aromatic N) is 1. The van der Waals surface area contributed by atoms with Crippen molar-refractivity contribution >= 4 is 5.71 Å². The van der Waals surface area contributed by atoms with Crippen LogP contribution in [0.25, 0.3) is 0 Å². The minimum atomic E-state index is 0.173. The summed E-state index contributed by atoms with van der Waals surface area (Å²) in [4.78, 5) is 4.73. The van der Waals surface area contributed by atoms with Crippen molar-refractivity contribution in [1.29, 1.82) is 0 Å². The molecule has 1 heteroatoms. The Balaban J connectivity index is 1.91. The van der Waals surface area contributed by atoms with Crippen molar-refractivity contribution in [3.05, 3.63) is 83.9 Å². The molecule has 0 bridgehead atoms. The van der Waals surface area contributed by atoms with Crippen LogP contribution in [0.15, 0.2) is 77.8 Å². The van der Waals surface area contributed by atoms with Crippen molar-refractivity contribution in [1.82, 2.24) is 0 Å². The normalized spacial score (nSPS) is 18.1. The van der Waals surface area contributed by atoms with E-state index in [0.717, 1.165) is 5.71 Å². The fourth-order valence-electron chi connectivity index (χ4n) is 2.03. The van der Waals surface area contributed by atoms with Gasteiger partial charge in [0.2, 0.25) is 0 Å². The molecular formula is C16H13N. The Morgan fingerprint density at radius 3 is 2.12 bits per heavy atom. The maximum atomic E-state index is 4.73. The number of rotatable bonds is 2. The van der Waals surface area contributed by atoms with E-state index in [1.807, 2.05) is 24.3 Å². The van der Waals surface area contributed by atoms with Gasteiger partial charge in [0.05, 0.1) is 11.8 Å². The molecule has 0 radical (unpaired) electrons. The van der Waals surface area contributed by atoms with E-state index in [1.54, 1.807) is 0 Å². The zero-order valence-corrected chi connectivity index (χ0v) is 9.45. The number of allylic oxidation sites excluding steroid dienone is 1. The van der Waals surface area contributed by atoms with Gasteiger partial charge in [-0.15, -0.1) is 0 Å². The smallest absolute Gasteiger partial charge is 0.0941 e. The van der Waals surface area contributed by atoms with Crippen molar-refractivity contribution in [2.24, 2.45) is 4.99 Å². The number of hydrogen-bond acceptors (Lipinski definition) is 1. The second kappa shape index (κ2) is 4.38. The number of hydrogen-bond donors (Lipinski definition) is 0. The van der Waals surface area contributed by atoms with Gasteiger partial charge in [-0.05, 0) is 17.2 Å². The maximum absolute atomic E-state index is 4.73. The molecule has 0 N–H and O–H groups in total. The van der Waals surface area contributed by atoms with Crippen LogP contribution >= 0.6 is 0 Å². The molecule has 0 spiro atoms. The fourth-order valence-corrected chi connectivity index (χ4v) is 2.03. The summed E-state index contributed by atoms with van der Waals surface area (Å²) < 4.78 is 0. The topological polar surface area (TPSA) is 12.4 Å². The Kier molecular flexibility index (Phi) is 2.59. The van der Waals surface area contributed by atoms with E-state index < -0.39 is 0 Å². The van der Waals surface area contributed by atoms with Crippen molar-refractivity contribution < 1.29 is 0 Å². The monoisotopic (exact) mass is 219 g/mol. The lowest BCUT2D eigenvalue weighted by atomic mass is 10.1. The van der Waals surface area contributed by atoms with Gasteiger partial charge in [-0.3, -0.25) is 4.99 Å². The van der Waals surface area contributed by atoms with E-state index in [9.17, 15) is 0 Å². The molecule has 0 saturated carbocycles. The summed E-state index contributed by atoms with van der Waals surface area (Å²) in [5.41, 5.74) is 3.50. The summed E-state index contributed by atoms with van der Waals surface area (Å²) in [6.45, 7) is 0. The lowest BCUT2D eigenvalue weighted by Gasteiger charge is -2.04. The van der Waals surface area contributed by atoms with E-state index in [0.29, 0.717) is 0 Å². The lowest BCUT2D eigenvalue weighted by molar-refractivity contribution is 0.932. The molecule has 0 aliphatic carbocycles. The molecule has 1 atom stereocenters. The van der Waals surface area contributed by atoms with Crippen molar-refractivity contribution in [2.45, 2.75) is 6.04 Å². The Hall–Kier alpha value is -2.15. The van der Waals surface area contributed by atoms with Crippen LogP contribution in [0.3, 0.4) is 0 Å². The third kappa shape index (κ3) is 2.04. The standard InChI is InChI=1S/C16H13N/c1-3-7-13(8-4-1)15-11-12-16(17-15)14-9-5-2-6-10-14/h1-12,15H. The van der Waals surface area contributed by atoms with Crippen LogP contribution in [0.5, 0.6) is 0 Å². The predicted octanol–water partition coefficient (Wildman–Crippen LogP) is 3.79. The molecule has 1 nitrogen and oxygen atoms in total. The predicted molar refractivity (Wildman–Crippen MR) is 71.3 cm³/mol. The SMILES string of the molecule is C1=CC(c2ccccc2)N=C1c1ccccc1. The Labute approximate surface area is 101 Å². The molecule has 2 aromatic carbocycles. The second-order valence-electron chi connectivity index (χ2n) is 4.10. The highest BCUT2D eigenvalue weighted by Gasteiger charge is 2.13. The van der Waals surface area contributed by atoms with E-state index >= 15 is 0 Å². The summed E-state index contributed by atoms with van der Waals surface area (Å²) in [7, 11) is 0. The summed E-state index contributed by atoms with van der Waals surface area (Å²) in [6, 6.07) is 20.8. The third-order valence-corrected chi connectivity index (χ3v) is 2.93. The molecule has 1 heterocycles. The van der Waals surface area contributed by atoms with Crippen LogP contribution in [0.2, 0.25) is 0 Å². The quantitative estimate of drug-likeness (QED) is 0.728. The first-order valence-corrected chi connectivity index (χ1v) is 5.80. The summed E-state index contributed by atoms with van der Waals surface area (Å²) >= 11 is 0. The largest absolute Gasteiger partial charge is 0.272 e. The minimum absolute atomic E-state index is 0.173. The third-order valence-electron chi connectivity index (χ3n) is 2.93. The zero-order chi connectivity index (χ0) is 11.5. The first-order chi connectivity index (χ1) is 8.43. The average Bonchev–Trinajstić information content (AvgIpc) is 2.90. The van der Waals surface area contributed by atoms with Gasteiger partial charge in [0.15, 0.2) is 0 Å². The van der Waals surface area contributed by atoms with Crippen LogP contribution < -0.4 is 0 Å². The Bertz CT molecular complexity index is 553. The fraction of sp³-hybridized carbons (Fsp3) is 0.0625. The molecule has 82 valence electrons. The van der Waals surface area contributed by atoms with Crippen molar-refractivity contribution in [3.8, 4) is 0 Å². The highest BCUT2D eigenvalue weighted by atomic mass is 14.8. The van der Waals surface area contributed by atoms with Gasteiger partial charge in [0.1, 0.15) is 0 Å². The first kappa shape index (κ1) is 10.0. The molecule has 1 unspecified atom stereocenters. The molecule has 0 aromatic heterocycles. The molecule has 17 heavy (non-hydrogen) atoms. The van der Waals surface area contributed by atoms with Crippen molar-refractivity contribution in [2.75, 3.05) is 0 Å². The molecule has 3 rings (SSSR count). The average molecular weight is 219 g/mol. The van der Waals surface area contributed by atoms with E-state index in [4.69, 9.17) is 4.99 Å². The highest BCUT2D eigenvalue weighted by molar-refractivity contribution is 6.10. The summed E-state index contributed by atoms with van der Waals surface area (Å²) in [6.07, 6.45) is 4.25. The Morgan fingerprint density at radius 1 is 0.765 bits per heavy atom. The summed E-state index contributed by atoms with van der Waals surface area (Å²) in [5.74, 6) is 0.